The predicted molar refractivity (Wildman–Crippen MR) is 9.40 cm³/mol. The predicted octanol–water partition coefficient (Wildman–Crippen LogP) is -2.83. The van der Waals surface area contributed by atoms with Gasteiger partial charge >= 0.3 is 22.5 Å². The van der Waals surface area contributed by atoms with Crippen molar-refractivity contribution in [3.63, 3.8) is 0 Å². The zero-order chi connectivity index (χ0) is 6.50. The first-order valence-corrected chi connectivity index (χ1v) is 2.94. The second kappa shape index (κ2) is 4.65. The molecular formula is HO5PV. The Morgan fingerprint density at radius 2 is 1.29 bits per heavy atom. The van der Waals surface area contributed by atoms with Crippen molar-refractivity contribution in [2.75, 3.05) is 0 Å². The van der Waals surface area contributed by atoms with Gasteiger partial charge in [0, 0.05) is 0 Å². The van der Waals surface area contributed by atoms with Gasteiger partial charge in [-0.25, -0.2) is 0 Å². The van der Waals surface area contributed by atoms with Gasteiger partial charge in [0.1, 0.15) is 0 Å². The molecule has 0 aliphatic heterocycles. The minimum absolute atomic E-state index is 0. The summed E-state index contributed by atoms with van der Waals surface area (Å²) in [4.78, 5) is 25.6. The molecule has 7 heavy (non-hydrogen) atoms. The van der Waals surface area contributed by atoms with Crippen LogP contribution < -0.4 is 14.7 Å². The first-order chi connectivity index (χ1) is 3.00. The fraction of sp³-hybridized carbons (Fsp3) is 0. The first kappa shape index (κ1) is 10.5. The van der Waals surface area contributed by atoms with Gasteiger partial charge in [-0.3, -0.25) is 0 Å². The van der Waals surface area contributed by atoms with Crippen molar-refractivity contribution in [2.45, 2.75) is 0 Å². The van der Waals surface area contributed by atoms with Crippen molar-refractivity contribution in [3.05, 3.63) is 0 Å². The molecule has 0 N–H and O–H groups in total. The van der Waals surface area contributed by atoms with Crippen LogP contribution in [-0.4, -0.2) is 0 Å². The number of phosphoric acid groups is 1. The third-order valence-corrected chi connectivity index (χ3v) is 0. The molecule has 0 spiro atoms. The molecule has 0 fully saturated rings. The second-order valence-electron chi connectivity index (χ2n) is 0.447. The van der Waals surface area contributed by atoms with Crippen molar-refractivity contribution < 1.29 is 41.7 Å². The van der Waals surface area contributed by atoms with Gasteiger partial charge in [0.2, 0.25) is 0 Å². The zero-order valence-electron chi connectivity index (χ0n) is 3.94. The summed E-state index contributed by atoms with van der Waals surface area (Å²) in [5.41, 5.74) is 0. The van der Waals surface area contributed by atoms with E-state index in [2.05, 4.69) is 0 Å². The summed E-state index contributed by atoms with van der Waals surface area (Å²) in [5.74, 6) is 0. The summed E-state index contributed by atoms with van der Waals surface area (Å²) in [6, 6.07) is 0. The van der Waals surface area contributed by atoms with Gasteiger partial charge in [-0.2, -0.15) is 7.82 Å². The fourth-order valence-electron chi connectivity index (χ4n) is 0. The van der Waals surface area contributed by atoms with Crippen molar-refractivity contribution in [1.29, 1.82) is 0 Å². The Bertz CT molecular complexity index is 68.2. The van der Waals surface area contributed by atoms with Crippen molar-refractivity contribution in [2.24, 2.45) is 0 Å². The van der Waals surface area contributed by atoms with Crippen molar-refractivity contribution in [3.8, 4) is 0 Å². The zero-order valence-corrected chi connectivity index (χ0v) is 5.23. The molecule has 5 nitrogen and oxygen atoms in total. The molecule has 0 aliphatic carbocycles. The van der Waals surface area contributed by atoms with Crippen LogP contribution in [-0.2, 0) is 25.6 Å². The van der Waals surface area contributed by atoms with E-state index >= 15 is 0 Å². The number of hydrogen-bond donors (Lipinski definition) is 0. The Kier molecular flexibility index (Phi) is 6.95. The van der Waals surface area contributed by atoms with Gasteiger partial charge in [0.05, 0.1) is 0 Å². The van der Waals surface area contributed by atoms with Crippen LogP contribution >= 0.6 is 7.82 Å². The summed E-state index contributed by atoms with van der Waals surface area (Å²) in [7, 11) is -5.39. The topological polar surface area (TPSA) is 103 Å². The maximum absolute atomic E-state index is 8.55. The van der Waals surface area contributed by atoms with Gasteiger partial charge in [-0.05, 0) is 0 Å². The van der Waals surface area contributed by atoms with Crippen LogP contribution in [0.1, 0.15) is 1.43 Å². The van der Waals surface area contributed by atoms with Crippen LogP contribution in [0.5, 0.6) is 0 Å². The average Bonchev–Trinajstić information content (AvgIpc) is 1.36. The van der Waals surface area contributed by atoms with E-state index in [1.807, 2.05) is 0 Å². The van der Waals surface area contributed by atoms with Crippen LogP contribution in [0.25, 0.3) is 0 Å². The van der Waals surface area contributed by atoms with Crippen LogP contribution in [0.4, 0.5) is 0 Å². The standard InChI is InChI=1S/H3O4P.O.V/c1-5(2,3)4;;/h(H3,1,2,3,4);;/q;;+2/p-2. The fourth-order valence-corrected chi connectivity index (χ4v) is 0. The van der Waals surface area contributed by atoms with Crippen LogP contribution in [0.15, 0.2) is 0 Å². The van der Waals surface area contributed by atoms with Crippen LogP contribution in [0.3, 0.4) is 0 Å². The summed E-state index contributed by atoms with van der Waals surface area (Å²) in [6.45, 7) is 0. The molecule has 0 unspecified atom stereocenters. The molecule has 0 radical (unpaired) electrons. The third kappa shape index (κ3) is 537. The Labute approximate surface area is 50.3 Å². The van der Waals surface area contributed by atoms with Gasteiger partial charge in [-0.1, -0.05) is 0 Å². The quantitative estimate of drug-likeness (QED) is 0.358. The first-order valence-electron chi connectivity index (χ1n) is 0.913. The normalized spacial score (nSPS) is 9.29. The molecule has 0 rings (SSSR count). The van der Waals surface area contributed by atoms with Crippen molar-refractivity contribution in [1.82, 2.24) is 0 Å². The average molecular weight is 163 g/mol. The molecule has 0 atom stereocenters. The Hall–Kier alpha value is 0.494. The van der Waals surface area contributed by atoms with E-state index in [1.54, 1.807) is 0 Å². The van der Waals surface area contributed by atoms with E-state index in [4.69, 9.17) is 22.9 Å². The molecule has 0 bridgehead atoms. The molecule has 0 aromatic heterocycles. The summed E-state index contributed by atoms with van der Waals surface area (Å²) < 4.78 is 16.7. The third-order valence-electron chi connectivity index (χ3n) is 0. The van der Waals surface area contributed by atoms with E-state index in [0.29, 0.717) is 0 Å². The van der Waals surface area contributed by atoms with Gasteiger partial charge in [0.25, 0.3) is 0 Å². The van der Waals surface area contributed by atoms with Gasteiger partial charge in [0.15, 0.2) is 0 Å². The Balaban J connectivity index is -0.0000000750. The van der Waals surface area contributed by atoms with E-state index in [1.165, 1.54) is 0 Å². The molecule has 0 saturated carbocycles. The van der Waals surface area contributed by atoms with Crippen LogP contribution in [0, 0.1) is 0 Å². The van der Waals surface area contributed by atoms with E-state index in [-0.39, 0.29) is 1.43 Å². The van der Waals surface area contributed by atoms with E-state index < -0.39 is 7.82 Å². The van der Waals surface area contributed by atoms with Gasteiger partial charge < -0.3 is 19.2 Å². The molecular weight excluding hydrogens is 162 g/mol. The Morgan fingerprint density at radius 1 is 1.29 bits per heavy atom. The SMILES string of the molecule is O=P([O-])([O-])[O-].[H+].[O]=[V+2]. The molecule has 41 valence electrons. The molecule has 0 amide bonds. The molecule has 0 aliphatic rings. The maximum atomic E-state index is 8.55. The molecule has 7 heteroatoms. The number of rotatable bonds is 0. The summed E-state index contributed by atoms with van der Waals surface area (Å²) in [6.07, 6.45) is 0. The second-order valence-corrected chi connectivity index (χ2v) is 1.34. The van der Waals surface area contributed by atoms with E-state index in [9.17, 15) is 0 Å². The molecule has 0 aromatic rings. The number of hydrogen-bond acceptors (Lipinski definition) is 5. The Morgan fingerprint density at radius 3 is 1.29 bits per heavy atom. The molecule has 0 heterocycles. The van der Waals surface area contributed by atoms with Gasteiger partial charge in [-0.15, -0.1) is 0 Å². The summed E-state index contributed by atoms with van der Waals surface area (Å²) in [5, 5.41) is 0. The minimum atomic E-state index is -5.39. The van der Waals surface area contributed by atoms with Crippen LogP contribution in [0.2, 0.25) is 0 Å². The monoisotopic (exact) mass is 163 g/mol. The molecule has 0 aromatic carbocycles. The summed E-state index contributed by atoms with van der Waals surface area (Å²) >= 11 is 1.06. The van der Waals surface area contributed by atoms with Crippen molar-refractivity contribution >= 4 is 7.82 Å². The van der Waals surface area contributed by atoms with E-state index in [0.717, 1.165) is 17.4 Å². The molecule has 0 saturated heterocycles.